The summed E-state index contributed by atoms with van der Waals surface area (Å²) in [6.45, 7) is 6.38. The number of fused-ring (bicyclic) bond motifs is 1. The van der Waals surface area contributed by atoms with Crippen molar-refractivity contribution in [2.24, 2.45) is 0 Å². The number of benzene rings is 1. The lowest BCUT2D eigenvalue weighted by Gasteiger charge is -2.15. The Morgan fingerprint density at radius 2 is 1.94 bits per heavy atom. The molecule has 0 saturated carbocycles. The molecule has 1 aromatic heterocycles. The summed E-state index contributed by atoms with van der Waals surface area (Å²) in [5.74, 6) is 1.03. The highest BCUT2D eigenvalue weighted by Crippen LogP contribution is 2.35. The molecule has 0 spiro atoms. The fourth-order valence-corrected chi connectivity index (χ4v) is 1.75. The quantitative estimate of drug-likeness (QED) is 0.773. The van der Waals surface area contributed by atoms with Crippen LogP contribution in [0.4, 0.5) is 0 Å². The maximum absolute atomic E-state index is 9.79. The largest absolute Gasteiger partial charge is 0.507 e. The van der Waals surface area contributed by atoms with Crippen molar-refractivity contribution < 1.29 is 9.84 Å². The van der Waals surface area contributed by atoms with Gasteiger partial charge in [0.1, 0.15) is 11.5 Å². The number of ether oxygens (including phenoxy) is 1. The molecule has 1 heterocycles. The van der Waals surface area contributed by atoms with Gasteiger partial charge >= 0.3 is 0 Å². The Morgan fingerprint density at radius 1 is 1.25 bits per heavy atom. The van der Waals surface area contributed by atoms with Crippen molar-refractivity contribution in [2.45, 2.75) is 26.2 Å². The first-order valence-electron chi connectivity index (χ1n) is 5.32. The molecule has 16 heavy (non-hydrogen) atoms. The van der Waals surface area contributed by atoms with Crippen LogP contribution in [-0.4, -0.2) is 17.2 Å². The monoisotopic (exact) mass is 219 g/mol. The van der Waals surface area contributed by atoms with Crippen LogP contribution in [0.2, 0.25) is 0 Å². The number of aromatic hydroxyl groups is 1. The summed E-state index contributed by atoms with van der Waals surface area (Å²) < 4.78 is 5.27. The van der Waals surface area contributed by atoms with Crippen LogP contribution < -0.4 is 4.74 Å². The van der Waals surface area contributed by atoms with Gasteiger partial charge in [-0.05, 0) is 18.2 Å². The Kier molecular flexibility index (Phi) is 2.34. The number of H-pyrrole nitrogens is 1. The average molecular weight is 219 g/mol. The molecule has 0 bridgehead atoms. The van der Waals surface area contributed by atoms with Gasteiger partial charge in [-0.25, -0.2) is 0 Å². The Morgan fingerprint density at radius 3 is 2.50 bits per heavy atom. The molecule has 1 aromatic carbocycles. The first-order valence-corrected chi connectivity index (χ1v) is 5.32. The summed E-state index contributed by atoms with van der Waals surface area (Å²) in [6.07, 6.45) is 0. The molecule has 0 atom stereocenters. The third kappa shape index (κ3) is 1.62. The van der Waals surface area contributed by atoms with Crippen LogP contribution in [0.3, 0.4) is 0 Å². The van der Waals surface area contributed by atoms with Crippen LogP contribution in [0, 0.1) is 0 Å². The van der Waals surface area contributed by atoms with E-state index in [1.807, 2.05) is 6.07 Å². The van der Waals surface area contributed by atoms with E-state index in [9.17, 15) is 5.11 Å². The van der Waals surface area contributed by atoms with E-state index in [0.717, 1.165) is 22.3 Å². The second-order valence-corrected chi connectivity index (χ2v) is 5.01. The van der Waals surface area contributed by atoms with Crippen molar-refractivity contribution in [1.29, 1.82) is 0 Å². The number of phenols is 1. The lowest BCUT2D eigenvalue weighted by Crippen LogP contribution is -2.11. The van der Waals surface area contributed by atoms with Crippen LogP contribution in [0.15, 0.2) is 18.2 Å². The Bertz CT molecular complexity index is 520. The summed E-state index contributed by atoms with van der Waals surface area (Å²) in [5, 5.41) is 10.6. The van der Waals surface area contributed by atoms with E-state index in [-0.39, 0.29) is 11.2 Å². The number of hydrogen-bond donors (Lipinski definition) is 2. The van der Waals surface area contributed by atoms with E-state index in [0.29, 0.717) is 0 Å². The summed E-state index contributed by atoms with van der Waals surface area (Å²) in [4.78, 5) is 3.31. The number of nitrogens with one attached hydrogen (secondary N) is 1. The minimum Gasteiger partial charge on any atom is -0.507 e. The summed E-state index contributed by atoms with van der Waals surface area (Å²) >= 11 is 0. The molecule has 86 valence electrons. The zero-order chi connectivity index (χ0) is 11.9. The van der Waals surface area contributed by atoms with Gasteiger partial charge < -0.3 is 14.8 Å². The highest BCUT2D eigenvalue weighted by atomic mass is 16.5. The van der Waals surface area contributed by atoms with Gasteiger partial charge in [0.15, 0.2) is 0 Å². The highest BCUT2D eigenvalue weighted by molar-refractivity contribution is 5.91. The first-order chi connectivity index (χ1) is 7.43. The van der Waals surface area contributed by atoms with E-state index in [1.54, 1.807) is 19.2 Å². The fraction of sp³-hybridized carbons (Fsp3) is 0.385. The molecule has 0 saturated heterocycles. The summed E-state index contributed by atoms with van der Waals surface area (Å²) in [7, 11) is 1.63. The molecule has 3 nitrogen and oxygen atoms in total. The van der Waals surface area contributed by atoms with Gasteiger partial charge in [-0.2, -0.15) is 0 Å². The van der Waals surface area contributed by atoms with Crippen molar-refractivity contribution in [1.82, 2.24) is 4.98 Å². The molecule has 0 amide bonds. The maximum atomic E-state index is 9.79. The predicted molar refractivity (Wildman–Crippen MR) is 65.2 cm³/mol. The minimum absolute atomic E-state index is 0.0243. The molecule has 0 unspecified atom stereocenters. The molecular formula is C13H17NO2. The third-order valence-corrected chi connectivity index (χ3v) is 2.76. The van der Waals surface area contributed by atoms with Crippen molar-refractivity contribution in [2.75, 3.05) is 7.11 Å². The number of phenolic OH excluding ortho intramolecular Hbond substituents is 1. The molecule has 2 aromatic rings. The van der Waals surface area contributed by atoms with Crippen molar-refractivity contribution in [3.05, 3.63) is 23.9 Å². The highest BCUT2D eigenvalue weighted by Gasteiger charge is 2.18. The number of aromatic amines is 1. The van der Waals surface area contributed by atoms with E-state index < -0.39 is 0 Å². The van der Waals surface area contributed by atoms with Crippen molar-refractivity contribution >= 4 is 10.9 Å². The average Bonchev–Trinajstić information content (AvgIpc) is 2.63. The SMILES string of the molecule is COc1ccc(O)c2cc(C(C)(C)C)[nH]c12. The maximum Gasteiger partial charge on any atom is 0.143 e. The van der Waals surface area contributed by atoms with Gasteiger partial charge in [0.2, 0.25) is 0 Å². The second kappa shape index (κ2) is 3.44. The molecule has 3 heteroatoms. The number of aromatic nitrogens is 1. The molecule has 0 aliphatic carbocycles. The van der Waals surface area contributed by atoms with Crippen LogP contribution in [0.25, 0.3) is 10.9 Å². The topological polar surface area (TPSA) is 45.2 Å². The van der Waals surface area contributed by atoms with E-state index in [4.69, 9.17) is 4.74 Å². The van der Waals surface area contributed by atoms with E-state index >= 15 is 0 Å². The van der Waals surface area contributed by atoms with Gasteiger partial charge in [-0.1, -0.05) is 20.8 Å². The number of methoxy groups -OCH3 is 1. The van der Waals surface area contributed by atoms with E-state index in [2.05, 4.69) is 25.8 Å². The van der Waals surface area contributed by atoms with E-state index in [1.165, 1.54) is 0 Å². The zero-order valence-corrected chi connectivity index (χ0v) is 10.1. The molecule has 0 radical (unpaired) electrons. The standard InChI is InChI=1S/C13H17NO2/c1-13(2,3)11-7-8-9(15)5-6-10(16-4)12(8)14-11/h5-7,14-15H,1-4H3. The Labute approximate surface area is 95.1 Å². The normalized spacial score (nSPS) is 12.0. The van der Waals surface area contributed by atoms with Crippen LogP contribution in [0.5, 0.6) is 11.5 Å². The van der Waals surface area contributed by atoms with Crippen LogP contribution in [-0.2, 0) is 5.41 Å². The number of rotatable bonds is 1. The van der Waals surface area contributed by atoms with Crippen molar-refractivity contribution in [3.63, 3.8) is 0 Å². The van der Waals surface area contributed by atoms with Gasteiger partial charge in [-0.3, -0.25) is 0 Å². The molecular weight excluding hydrogens is 202 g/mol. The number of hydrogen-bond acceptors (Lipinski definition) is 2. The lowest BCUT2D eigenvalue weighted by atomic mass is 9.92. The molecule has 2 rings (SSSR count). The molecule has 2 N–H and O–H groups in total. The lowest BCUT2D eigenvalue weighted by molar-refractivity contribution is 0.417. The first kappa shape index (κ1) is 10.9. The predicted octanol–water partition coefficient (Wildman–Crippen LogP) is 3.18. The van der Waals surface area contributed by atoms with Gasteiger partial charge in [0.05, 0.1) is 12.6 Å². The molecule has 0 aliphatic heterocycles. The van der Waals surface area contributed by atoms with Crippen LogP contribution >= 0.6 is 0 Å². The minimum atomic E-state index is 0.0243. The fourth-order valence-electron chi connectivity index (χ4n) is 1.75. The zero-order valence-electron chi connectivity index (χ0n) is 10.1. The molecule has 0 fully saturated rings. The molecule has 0 aliphatic rings. The van der Waals surface area contributed by atoms with Gasteiger partial charge in [0, 0.05) is 16.5 Å². The summed E-state index contributed by atoms with van der Waals surface area (Å²) in [6, 6.07) is 5.40. The summed E-state index contributed by atoms with van der Waals surface area (Å²) in [5.41, 5.74) is 1.96. The Hall–Kier alpha value is -1.64. The third-order valence-electron chi connectivity index (χ3n) is 2.76. The van der Waals surface area contributed by atoms with Crippen LogP contribution in [0.1, 0.15) is 26.5 Å². The second-order valence-electron chi connectivity index (χ2n) is 5.01. The Balaban J connectivity index is 2.73. The van der Waals surface area contributed by atoms with Gasteiger partial charge in [0.25, 0.3) is 0 Å². The van der Waals surface area contributed by atoms with Crippen molar-refractivity contribution in [3.8, 4) is 11.5 Å². The van der Waals surface area contributed by atoms with Gasteiger partial charge in [-0.15, -0.1) is 0 Å². The smallest absolute Gasteiger partial charge is 0.143 e.